The summed E-state index contributed by atoms with van der Waals surface area (Å²) < 4.78 is 24.7. The molecule has 1 N–H and O–H groups in total. The molecule has 0 aliphatic carbocycles. The summed E-state index contributed by atoms with van der Waals surface area (Å²) in [4.78, 5) is 27.8. The minimum Gasteiger partial charge on any atom is -0.507 e. The second-order valence-corrected chi connectivity index (χ2v) is 9.98. The molecule has 35 heavy (non-hydrogen) atoms. The van der Waals surface area contributed by atoms with E-state index in [0.29, 0.717) is 29.9 Å². The minimum atomic E-state index is -0.863. The number of Topliss-reactive ketones (excluding diaryl/α,β-unsaturated/α-hetero) is 1. The van der Waals surface area contributed by atoms with Crippen LogP contribution in [0.3, 0.4) is 0 Å². The molecular weight excluding hydrogens is 449 g/mol. The molecule has 3 rings (SSSR count). The van der Waals surface area contributed by atoms with Gasteiger partial charge in [0.25, 0.3) is 11.7 Å². The standard InChI is InChI=1S/C28H34FNO5/c1-17(2)35-15-7-14-30-24(18-8-11-20(29)12-9-18)23(26(32)27(30)33)25(31)21-16-19(28(3,4)5)10-13-22(21)34-6/h8-13,16-17,24,31H,7,14-15H2,1-6H3/b25-23+. The molecule has 1 fully saturated rings. The highest BCUT2D eigenvalue weighted by Gasteiger charge is 2.46. The van der Waals surface area contributed by atoms with Gasteiger partial charge in [-0.1, -0.05) is 39.0 Å². The second kappa shape index (κ2) is 10.6. The Morgan fingerprint density at radius 2 is 1.77 bits per heavy atom. The zero-order valence-corrected chi connectivity index (χ0v) is 21.2. The molecule has 1 saturated heterocycles. The maximum absolute atomic E-state index is 13.7. The summed E-state index contributed by atoms with van der Waals surface area (Å²) in [7, 11) is 1.48. The number of ketones is 1. The van der Waals surface area contributed by atoms with E-state index in [4.69, 9.17) is 9.47 Å². The molecule has 7 heteroatoms. The molecule has 0 spiro atoms. The SMILES string of the molecule is COc1ccc(C(C)(C)C)cc1/C(O)=C1\C(=O)C(=O)N(CCCOC(C)C)C1c1ccc(F)cc1. The number of amides is 1. The highest BCUT2D eigenvalue weighted by Crippen LogP contribution is 2.41. The molecule has 1 unspecified atom stereocenters. The average Bonchev–Trinajstić information content (AvgIpc) is 3.05. The highest BCUT2D eigenvalue weighted by atomic mass is 19.1. The van der Waals surface area contributed by atoms with Crippen LogP contribution >= 0.6 is 0 Å². The van der Waals surface area contributed by atoms with Gasteiger partial charge < -0.3 is 19.5 Å². The third-order valence-corrected chi connectivity index (χ3v) is 6.04. The summed E-state index contributed by atoms with van der Waals surface area (Å²) >= 11 is 0. The minimum absolute atomic E-state index is 0.0425. The zero-order chi connectivity index (χ0) is 25.9. The molecule has 1 atom stereocenters. The van der Waals surface area contributed by atoms with Gasteiger partial charge in [-0.15, -0.1) is 0 Å². The molecule has 2 aromatic carbocycles. The Kier molecular flexibility index (Phi) is 8.00. The van der Waals surface area contributed by atoms with Crippen molar-refractivity contribution in [1.82, 2.24) is 4.90 Å². The van der Waals surface area contributed by atoms with Gasteiger partial charge in [0.1, 0.15) is 17.3 Å². The van der Waals surface area contributed by atoms with E-state index in [1.165, 1.54) is 36.3 Å². The Bertz CT molecular complexity index is 1120. The molecule has 188 valence electrons. The van der Waals surface area contributed by atoms with E-state index in [2.05, 4.69) is 0 Å². The van der Waals surface area contributed by atoms with Gasteiger partial charge in [0.05, 0.1) is 30.4 Å². The second-order valence-electron chi connectivity index (χ2n) is 9.98. The lowest BCUT2D eigenvalue weighted by atomic mass is 9.85. The first kappa shape index (κ1) is 26.4. The number of hydrogen-bond donors (Lipinski definition) is 1. The lowest BCUT2D eigenvalue weighted by Crippen LogP contribution is -2.31. The number of hydrogen-bond acceptors (Lipinski definition) is 5. The van der Waals surface area contributed by atoms with Crippen molar-refractivity contribution in [3.8, 4) is 5.75 Å². The molecule has 1 aliphatic heterocycles. The first-order valence-corrected chi connectivity index (χ1v) is 11.8. The van der Waals surface area contributed by atoms with Crippen molar-refractivity contribution in [1.29, 1.82) is 0 Å². The fourth-order valence-corrected chi connectivity index (χ4v) is 4.16. The number of nitrogens with zero attached hydrogens (tertiary/aromatic N) is 1. The molecule has 1 amide bonds. The average molecular weight is 484 g/mol. The number of halogens is 1. The third kappa shape index (κ3) is 5.73. The van der Waals surface area contributed by atoms with E-state index in [1.54, 1.807) is 12.1 Å². The number of rotatable bonds is 8. The van der Waals surface area contributed by atoms with Crippen LogP contribution in [0.2, 0.25) is 0 Å². The summed E-state index contributed by atoms with van der Waals surface area (Å²) in [6, 6.07) is 10.2. The molecular formula is C28H34FNO5. The van der Waals surface area contributed by atoms with Gasteiger partial charge >= 0.3 is 0 Å². The summed E-state index contributed by atoms with van der Waals surface area (Å²) in [5.41, 5.74) is 1.52. The monoisotopic (exact) mass is 483 g/mol. The Hall–Kier alpha value is -3.19. The molecule has 0 bridgehead atoms. The van der Waals surface area contributed by atoms with Gasteiger partial charge in [-0.25, -0.2) is 4.39 Å². The van der Waals surface area contributed by atoms with Gasteiger partial charge in [-0.3, -0.25) is 9.59 Å². The molecule has 0 saturated carbocycles. The number of aliphatic hydroxyl groups excluding tert-OH is 1. The zero-order valence-electron chi connectivity index (χ0n) is 21.2. The van der Waals surface area contributed by atoms with Crippen LogP contribution in [0.25, 0.3) is 5.76 Å². The lowest BCUT2D eigenvalue weighted by Gasteiger charge is -2.26. The van der Waals surface area contributed by atoms with Crippen LogP contribution in [-0.4, -0.2) is 48.1 Å². The highest BCUT2D eigenvalue weighted by molar-refractivity contribution is 6.46. The van der Waals surface area contributed by atoms with Gasteiger partial charge in [0.15, 0.2) is 0 Å². The number of likely N-dealkylation sites (tertiary alicyclic amines) is 1. The number of aliphatic hydroxyl groups is 1. The van der Waals surface area contributed by atoms with Crippen LogP contribution in [0.15, 0.2) is 48.0 Å². The van der Waals surface area contributed by atoms with Crippen molar-refractivity contribution < 1.29 is 28.6 Å². The summed E-state index contributed by atoms with van der Waals surface area (Å²) in [5.74, 6) is -1.87. The number of carbonyl (C=O) groups excluding carboxylic acids is 2. The third-order valence-electron chi connectivity index (χ3n) is 6.04. The molecule has 1 heterocycles. The van der Waals surface area contributed by atoms with Crippen LogP contribution in [0.5, 0.6) is 5.75 Å². The van der Waals surface area contributed by atoms with Crippen molar-refractivity contribution in [3.63, 3.8) is 0 Å². The lowest BCUT2D eigenvalue weighted by molar-refractivity contribution is -0.140. The largest absolute Gasteiger partial charge is 0.507 e. The van der Waals surface area contributed by atoms with Crippen molar-refractivity contribution in [2.75, 3.05) is 20.3 Å². The van der Waals surface area contributed by atoms with Crippen LogP contribution in [0, 0.1) is 5.82 Å². The first-order valence-electron chi connectivity index (χ1n) is 11.8. The molecule has 2 aromatic rings. The van der Waals surface area contributed by atoms with Crippen LogP contribution in [0.1, 0.15) is 63.8 Å². The maximum atomic E-state index is 13.7. The normalized spacial score (nSPS) is 17.9. The predicted octanol–water partition coefficient (Wildman–Crippen LogP) is 5.37. The van der Waals surface area contributed by atoms with Gasteiger partial charge in [0, 0.05) is 13.2 Å². The van der Waals surface area contributed by atoms with Crippen molar-refractivity contribution >= 4 is 17.4 Å². The number of methoxy groups -OCH3 is 1. The molecule has 6 nitrogen and oxygen atoms in total. The summed E-state index contributed by atoms with van der Waals surface area (Å²) in [5, 5.41) is 11.5. The van der Waals surface area contributed by atoms with Crippen molar-refractivity contribution in [2.24, 2.45) is 0 Å². The summed E-state index contributed by atoms with van der Waals surface area (Å²) in [6.07, 6.45) is 0.548. The van der Waals surface area contributed by atoms with Crippen molar-refractivity contribution in [2.45, 2.75) is 58.6 Å². The fourth-order valence-electron chi connectivity index (χ4n) is 4.16. The maximum Gasteiger partial charge on any atom is 0.295 e. The van der Waals surface area contributed by atoms with Crippen molar-refractivity contribution in [3.05, 3.63) is 70.5 Å². The number of ether oxygens (including phenoxy) is 2. The van der Waals surface area contributed by atoms with E-state index in [9.17, 15) is 19.1 Å². The van der Waals surface area contributed by atoms with Gasteiger partial charge in [0.2, 0.25) is 0 Å². The van der Waals surface area contributed by atoms with Crippen LogP contribution in [0.4, 0.5) is 4.39 Å². The Balaban J connectivity index is 2.14. The predicted molar refractivity (Wildman–Crippen MR) is 133 cm³/mol. The Morgan fingerprint density at radius 3 is 2.34 bits per heavy atom. The van der Waals surface area contributed by atoms with E-state index >= 15 is 0 Å². The van der Waals surface area contributed by atoms with Crippen LogP contribution in [-0.2, 0) is 19.7 Å². The first-order chi connectivity index (χ1) is 16.5. The Morgan fingerprint density at radius 1 is 1.11 bits per heavy atom. The van der Waals surface area contributed by atoms with E-state index in [-0.39, 0.29) is 29.4 Å². The number of carbonyl (C=O) groups is 2. The molecule has 1 aliphatic rings. The smallest absolute Gasteiger partial charge is 0.295 e. The van der Waals surface area contributed by atoms with E-state index in [1.807, 2.05) is 40.7 Å². The number of benzene rings is 2. The molecule has 0 radical (unpaired) electrons. The quantitative estimate of drug-likeness (QED) is 0.237. The fraction of sp³-hybridized carbons (Fsp3) is 0.429. The topological polar surface area (TPSA) is 76.1 Å². The van der Waals surface area contributed by atoms with E-state index in [0.717, 1.165) is 5.56 Å². The van der Waals surface area contributed by atoms with Crippen LogP contribution < -0.4 is 4.74 Å². The van der Waals surface area contributed by atoms with E-state index < -0.39 is 23.5 Å². The summed E-state index contributed by atoms with van der Waals surface area (Å²) in [6.45, 7) is 10.6. The van der Waals surface area contributed by atoms with Gasteiger partial charge in [-0.2, -0.15) is 0 Å². The van der Waals surface area contributed by atoms with Gasteiger partial charge in [-0.05, 0) is 61.1 Å². The Labute approximate surface area is 206 Å². The molecule has 0 aromatic heterocycles.